The van der Waals surface area contributed by atoms with Gasteiger partial charge in [0.15, 0.2) is 0 Å². The van der Waals surface area contributed by atoms with Crippen molar-refractivity contribution in [2.75, 3.05) is 14.2 Å². The number of amides is 1. The zero-order chi connectivity index (χ0) is 14.6. The Morgan fingerprint density at radius 3 is 2.45 bits per heavy atom. The Morgan fingerprint density at radius 1 is 1.20 bits per heavy atom. The quantitative estimate of drug-likeness (QED) is 0.900. The second kappa shape index (κ2) is 6.16. The maximum atomic E-state index is 12.0. The lowest BCUT2D eigenvalue weighted by molar-refractivity contribution is -0.129. The molecule has 4 heteroatoms. The molecule has 20 heavy (non-hydrogen) atoms. The minimum atomic E-state index is -0.417. The van der Waals surface area contributed by atoms with Gasteiger partial charge in [-0.2, -0.15) is 0 Å². The van der Waals surface area contributed by atoms with E-state index in [0.717, 1.165) is 42.7 Å². The summed E-state index contributed by atoms with van der Waals surface area (Å²) in [6.07, 6.45) is 5.72. The van der Waals surface area contributed by atoms with E-state index in [4.69, 9.17) is 15.2 Å². The third kappa shape index (κ3) is 2.89. The van der Waals surface area contributed by atoms with Gasteiger partial charge in [0.05, 0.1) is 19.6 Å². The van der Waals surface area contributed by atoms with Crippen LogP contribution in [0, 0.1) is 5.41 Å². The Bertz CT molecular complexity index is 479. The monoisotopic (exact) mass is 277 g/mol. The summed E-state index contributed by atoms with van der Waals surface area (Å²) in [4.78, 5) is 12.0. The maximum absolute atomic E-state index is 12.0. The number of nitrogens with two attached hydrogens (primary N) is 1. The molecule has 0 aliphatic heterocycles. The minimum absolute atomic E-state index is 0.185. The van der Waals surface area contributed by atoms with Gasteiger partial charge in [0, 0.05) is 6.07 Å². The zero-order valence-corrected chi connectivity index (χ0v) is 12.3. The SMILES string of the molecule is COc1ccc(CC2(C(N)=O)CCCCC2)c(OC)c1. The van der Waals surface area contributed by atoms with Gasteiger partial charge in [-0.05, 0) is 30.9 Å². The minimum Gasteiger partial charge on any atom is -0.497 e. The largest absolute Gasteiger partial charge is 0.497 e. The predicted octanol–water partition coefficient (Wildman–Crippen LogP) is 2.68. The summed E-state index contributed by atoms with van der Waals surface area (Å²) in [5.74, 6) is 1.33. The van der Waals surface area contributed by atoms with Crippen molar-refractivity contribution < 1.29 is 14.3 Å². The van der Waals surface area contributed by atoms with Crippen molar-refractivity contribution in [3.8, 4) is 11.5 Å². The van der Waals surface area contributed by atoms with Crippen LogP contribution >= 0.6 is 0 Å². The fourth-order valence-corrected chi connectivity index (χ4v) is 3.10. The number of hydrogen-bond acceptors (Lipinski definition) is 3. The van der Waals surface area contributed by atoms with Crippen molar-refractivity contribution in [1.82, 2.24) is 0 Å². The van der Waals surface area contributed by atoms with Crippen LogP contribution in [-0.4, -0.2) is 20.1 Å². The Labute approximate surface area is 120 Å². The van der Waals surface area contributed by atoms with Gasteiger partial charge in [-0.25, -0.2) is 0 Å². The molecule has 2 N–H and O–H groups in total. The van der Waals surface area contributed by atoms with Crippen molar-refractivity contribution in [3.63, 3.8) is 0 Å². The molecular formula is C16H23NO3. The molecule has 0 spiro atoms. The number of rotatable bonds is 5. The van der Waals surface area contributed by atoms with Crippen LogP contribution in [0.2, 0.25) is 0 Å². The van der Waals surface area contributed by atoms with E-state index in [1.807, 2.05) is 18.2 Å². The summed E-state index contributed by atoms with van der Waals surface area (Å²) in [5, 5.41) is 0. The van der Waals surface area contributed by atoms with Crippen molar-refractivity contribution in [2.24, 2.45) is 11.1 Å². The molecule has 2 rings (SSSR count). The van der Waals surface area contributed by atoms with Crippen molar-refractivity contribution in [3.05, 3.63) is 23.8 Å². The molecule has 0 radical (unpaired) electrons. The molecule has 1 aliphatic rings. The average Bonchev–Trinajstić information content (AvgIpc) is 2.48. The number of ether oxygens (including phenoxy) is 2. The van der Waals surface area contributed by atoms with E-state index in [0.29, 0.717) is 6.42 Å². The molecule has 1 aromatic rings. The third-order valence-electron chi connectivity index (χ3n) is 4.36. The van der Waals surface area contributed by atoms with Gasteiger partial charge in [0.2, 0.25) is 5.91 Å². The highest BCUT2D eigenvalue weighted by atomic mass is 16.5. The summed E-state index contributed by atoms with van der Waals surface area (Å²) in [6.45, 7) is 0. The average molecular weight is 277 g/mol. The molecule has 1 fully saturated rings. The van der Waals surface area contributed by atoms with Crippen LogP contribution in [0.4, 0.5) is 0 Å². The van der Waals surface area contributed by atoms with E-state index in [9.17, 15) is 4.79 Å². The Balaban J connectivity index is 2.28. The molecular weight excluding hydrogens is 254 g/mol. The fourth-order valence-electron chi connectivity index (χ4n) is 3.10. The van der Waals surface area contributed by atoms with Gasteiger partial charge in [-0.15, -0.1) is 0 Å². The number of carbonyl (C=O) groups is 1. The summed E-state index contributed by atoms with van der Waals surface area (Å²) in [6, 6.07) is 5.72. The number of hydrogen-bond donors (Lipinski definition) is 1. The highest BCUT2D eigenvalue weighted by molar-refractivity contribution is 5.81. The summed E-state index contributed by atoms with van der Waals surface area (Å²) in [5.41, 5.74) is 6.30. The predicted molar refractivity (Wildman–Crippen MR) is 78.0 cm³/mol. The molecule has 1 saturated carbocycles. The smallest absolute Gasteiger partial charge is 0.223 e. The number of primary amides is 1. The maximum Gasteiger partial charge on any atom is 0.223 e. The lowest BCUT2D eigenvalue weighted by Crippen LogP contribution is -2.40. The Kier molecular flexibility index (Phi) is 4.53. The van der Waals surface area contributed by atoms with Crippen LogP contribution in [0.15, 0.2) is 18.2 Å². The van der Waals surface area contributed by atoms with Crippen LogP contribution in [0.25, 0.3) is 0 Å². The van der Waals surface area contributed by atoms with Gasteiger partial charge in [-0.3, -0.25) is 4.79 Å². The van der Waals surface area contributed by atoms with Crippen molar-refractivity contribution in [1.29, 1.82) is 0 Å². The third-order valence-corrected chi connectivity index (χ3v) is 4.36. The van der Waals surface area contributed by atoms with E-state index in [-0.39, 0.29) is 5.91 Å². The van der Waals surface area contributed by atoms with Gasteiger partial charge >= 0.3 is 0 Å². The van der Waals surface area contributed by atoms with E-state index in [1.54, 1.807) is 14.2 Å². The van der Waals surface area contributed by atoms with Crippen LogP contribution < -0.4 is 15.2 Å². The van der Waals surface area contributed by atoms with Crippen molar-refractivity contribution >= 4 is 5.91 Å². The second-order valence-electron chi connectivity index (χ2n) is 5.56. The van der Waals surface area contributed by atoms with Gasteiger partial charge in [0.25, 0.3) is 0 Å². The van der Waals surface area contributed by atoms with Crippen LogP contribution in [0.3, 0.4) is 0 Å². The molecule has 0 unspecified atom stereocenters. The van der Waals surface area contributed by atoms with Gasteiger partial charge in [0.1, 0.15) is 11.5 Å². The highest BCUT2D eigenvalue weighted by Gasteiger charge is 2.38. The van der Waals surface area contributed by atoms with Crippen LogP contribution in [0.5, 0.6) is 11.5 Å². The molecule has 0 atom stereocenters. The normalized spacial score (nSPS) is 17.5. The molecule has 4 nitrogen and oxygen atoms in total. The molecule has 1 amide bonds. The molecule has 0 saturated heterocycles. The second-order valence-corrected chi connectivity index (χ2v) is 5.56. The van der Waals surface area contributed by atoms with Crippen LogP contribution in [-0.2, 0) is 11.2 Å². The van der Waals surface area contributed by atoms with E-state index in [2.05, 4.69) is 0 Å². The zero-order valence-electron chi connectivity index (χ0n) is 12.3. The molecule has 1 aliphatic carbocycles. The first-order valence-corrected chi connectivity index (χ1v) is 7.12. The first-order valence-electron chi connectivity index (χ1n) is 7.12. The number of benzene rings is 1. The molecule has 110 valence electrons. The standard InChI is InChI=1S/C16H23NO3/c1-19-13-7-6-12(14(10-13)20-2)11-16(15(17)18)8-4-3-5-9-16/h6-7,10H,3-5,8-9,11H2,1-2H3,(H2,17,18). The molecule has 0 heterocycles. The first kappa shape index (κ1) is 14.7. The fraction of sp³-hybridized carbons (Fsp3) is 0.562. The lowest BCUT2D eigenvalue weighted by Gasteiger charge is -2.34. The first-order chi connectivity index (χ1) is 9.61. The molecule has 1 aromatic carbocycles. The molecule has 0 bridgehead atoms. The number of carbonyl (C=O) groups excluding carboxylic acids is 1. The van der Waals surface area contributed by atoms with Crippen molar-refractivity contribution in [2.45, 2.75) is 38.5 Å². The van der Waals surface area contributed by atoms with E-state index in [1.165, 1.54) is 6.42 Å². The summed E-state index contributed by atoms with van der Waals surface area (Å²) >= 11 is 0. The molecule has 0 aromatic heterocycles. The lowest BCUT2D eigenvalue weighted by atomic mass is 9.69. The highest BCUT2D eigenvalue weighted by Crippen LogP contribution is 2.41. The van der Waals surface area contributed by atoms with E-state index >= 15 is 0 Å². The van der Waals surface area contributed by atoms with E-state index < -0.39 is 5.41 Å². The Hall–Kier alpha value is -1.71. The van der Waals surface area contributed by atoms with Gasteiger partial charge in [-0.1, -0.05) is 25.3 Å². The van der Waals surface area contributed by atoms with Crippen LogP contribution in [0.1, 0.15) is 37.7 Å². The van der Waals surface area contributed by atoms with Gasteiger partial charge < -0.3 is 15.2 Å². The topological polar surface area (TPSA) is 61.5 Å². The summed E-state index contributed by atoms with van der Waals surface area (Å²) in [7, 11) is 3.26. The summed E-state index contributed by atoms with van der Waals surface area (Å²) < 4.78 is 10.6. The Morgan fingerprint density at radius 2 is 1.90 bits per heavy atom. The number of methoxy groups -OCH3 is 2.